The molecule has 1 rings (SSSR count). The van der Waals surface area contributed by atoms with Crippen molar-refractivity contribution in [3.63, 3.8) is 0 Å². The zero-order chi connectivity index (χ0) is 20.1. The van der Waals surface area contributed by atoms with Crippen LogP contribution in [0.2, 0.25) is 0 Å². The highest BCUT2D eigenvalue weighted by Gasteiger charge is 2.31. The third kappa shape index (κ3) is 6.93. The van der Waals surface area contributed by atoms with Gasteiger partial charge in [0.25, 0.3) is 5.92 Å². The van der Waals surface area contributed by atoms with Crippen molar-refractivity contribution in [3.8, 4) is 5.88 Å². The number of nitrogens with one attached hydrogen (secondary N) is 2. The maximum Gasteiger partial charge on any atom is 0.278 e. The van der Waals surface area contributed by atoms with Gasteiger partial charge in [-0.15, -0.1) is 0 Å². The third-order valence-electron chi connectivity index (χ3n) is 3.61. The van der Waals surface area contributed by atoms with Crippen LogP contribution in [0.25, 0.3) is 0 Å². The Bertz CT molecular complexity index is 626. The maximum absolute atomic E-state index is 12.8. The Balaban J connectivity index is 2.67. The monoisotopic (exact) mass is 371 g/mol. The Hall–Kier alpha value is -2.25. The van der Waals surface area contributed by atoms with Gasteiger partial charge in [-0.1, -0.05) is 19.9 Å². The summed E-state index contributed by atoms with van der Waals surface area (Å²) in [5.41, 5.74) is -0.390. The summed E-state index contributed by atoms with van der Waals surface area (Å²) in [7, 11) is 0. The van der Waals surface area contributed by atoms with Gasteiger partial charge in [-0.3, -0.25) is 9.59 Å². The van der Waals surface area contributed by atoms with Crippen LogP contribution in [-0.4, -0.2) is 34.9 Å². The summed E-state index contributed by atoms with van der Waals surface area (Å²) in [5, 5.41) is 5.50. The van der Waals surface area contributed by atoms with Gasteiger partial charge in [-0.2, -0.15) is 0 Å². The van der Waals surface area contributed by atoms with Gasteiger partial charge in [-0.25, -0.2) is 13.8 Å². The number of rotatable bonds is 8. The number of aromatic nitrogens is 1. The van der Waals surface area contributed by atoms with Crippen molar-refractivity contribution in [2.24, 2.45) is 5.92 Å². The molecule has 1 heterocycles. The van der Waals surface area contributed by atoms with Crippen LogP contribution in [0.1, 0.15) is 53.1 Å². The Morgan fingerprint density at radius 1 is 1.19 bits per heavy atom. The van der Waals surface area contributed by atoms with Gasteiger partial charge in [0, 0.05) is 25.1 Å². The van der Waals surface area contributed by atoms with E-state index in [0.29, 0.717) is 5.56 Å². The lowest BCUT2D eigenvalue weighted by atomic mass is 10.0. The van der Waals surface area contributed by atoms with E-state index in [1.165, 1.54) is 12.3 Å². The molecule has 0 radical (unpaired) electrons. The quantitative estimate of drug-likeness (QED) is 0.736. The second kappa shape index (κ2) is 8.42. The largest absolute Gasteiger partial charge is 0.471 e. The van der Waals surface area contributed by atoms with E-state index >= 15 is 0 Å². The highest BCUT2D eigenvalue weighted by Crippen LogP contribution is 2.18. The molecule has 0 aromatic carbocycles. The normalized spacial score (nSPS) is 13.3. The second-order valence-corrected chi connectivity index (χ2v) is 7.25. The summed E-state index contributed by atoms with van der Waals surface area (Å²) in [5.74, 6) is -3.64. The van der Waals surface area contributed by atoms with E-state index in [0.717, 1.165) is 6.92 Å². The number of amides is 2. The predicted octanol–water partition coefficient (Wildman–Crippen LogP) is 2.84. The highest BCUT2D eigenvalue weighted by molar-refractivity contribution is 5.91. The fourth-order valence-electron chi connectivity index (χ4n) is 1.90. The summed E-state index contributed by atoms with van der Waals surface area (Å²) < 4.78 is 30.5. The molecular weight excluding hydrogens is 344 g/mol. The zero-order valence-corrected chi connectivity index (χ0v) is 16.0. The van der Waals surface area contributed by atoms with E-state index in [2.05, 4.69) is 15.6 Å². The molecule has 0 saturated carbocycles. The molecule has 0 saturated heterocycles. The molecule has 0 spiro atoms. The van der Waals surface area contributed by atoms with Gasteiger partial charge in [0.15, 0.2) is 6.61 Å². The molecule has 1 aromatic heterocycles. The maximum atomic E-state index is 12.8. The van der Waals surface area contributed by atoms with Crippen molar-refractivity contribution in [1.29, 1.82) is 0 Å². The molecule has 1 atom stereocenters. The van der Waals surface area contributed by atoms with Crippen LogP contribution in [0, 0.1) is 5.92 Å². The Kier molecular flexibility index (Phi) is 7.06. The van der Waals surface area contributed by atoms with E-state index in [1.807, 2.05) is 0 Å². The number of carbonyl (C=O) groups excluding carboxylic acids is 2. The van der Waals surface area contributed by atoms with Crippen molar-refractivity contribution >= 4 is 11.8 Å². The first-order valence-electron chi connectivity index (χ1n) is 8.41. The van der Waals surface area contributed by atoms with Gasteiger partial charge in [0.05, 0.1) is 6.04 Å². The lowest BCUT2D eigenvalue weighted by Crippen LogP contribution is -2.55. The summed E-state index contributed by atoms with van der Waals surface area (Å²) in [6.45, 7) is 8.50. The van der Waals surface area contributed by atoms with E-state index in [-0.39, 0.29) is 29.7 Å². The number of pyridine rings is 1. The van der Waals surface area contributed by atoms with Gasteiger partial charge in [0.1, 0.15) is 5.54 Å². The minimum absolute atomic E-state index is 0.0818. The van der Waals surface area contributed by atoms with E-state index in [9.17, 15) is 18.4 Å². The van der Waals surface area contributed by atoms with Crippen molar-refractivity contribution in [3.05, 3.63) is 23.9 Å². The molecule has 1 aromatic rings. The second-order valence-electron chi connectivity index (χ2n) is 7.25. The fourth-order valence-corrected chi connectivity index (χ4v) is 1.90. The molecule has 26 heavy (non-hydrogen) atoms. The van der Waals surface area contributed by atoms with Crippen LogP contribution < -0.4 is 15.4 Å². The molecule has 2 amide bonds. The number of hydrogen-bond acceptors (Lipinski definition) is 4. The zero-order valence-electron chi connectivity index (χ0n) is 16.0. The highest BCUT2D eigenvalue weighted by atomic mass is 19.3. The van der Waals surface area contributed by atoms with E-state index in [4.69, 9.17) is 4.74 Å². The lowest BCUT2D eigenvalue weighted by molar-refractivity contribution is -0.134. The van der Waals surface area contributed by atoms with Crippen LogP contribution in [-0.2, 0) is 9.59 Å². The van der Waals surface area contributed by atoms with Crippen LogP contribution in [0.5, 0.6) is 5.88 Å². The third-order valence-corrected chi connectivity index (χ3v) is 3.61. The molecule has 0 aliphatic carbocycles. The van der Waals surface area contributed by atoms with Crippen LogP contribution in [0.3, 0.4) is 0 Å². The number of hydrogen-bond donors (Lipinski definition) is 2. The predicted molar refractivity (Wildman–Crippen MR) is 94.0 cm³/mol. The average Bonchev–Trinajstić information content (AvgIpc) is 2.52. The molecule has 6 nitrogen and oxygen atoms in total. The topological polar surface area (TPSA) is 80.3 Å². The average molecular weight is 371 g/mol. The van der Waals surface area contributed by atoms with Crippen molar-refractivity contribution in [2.75, 3.05) is 6.61 Å². The molecule has 0 fully saturated rings. The van der Waals surface area contributed by atoms with Gasteiger partial charge in [0.2, 0.25) is 17.7 Å². The van der Waals surface area contributed by atoms with E-state index in [1.54, 1.807) is 40.7 Å². The van der Waals surface area contributed by atoms with Gasteiger partial charge >= 0.3 is 0 Å². The number of carbonyl (C=O) groups is 2. The van der Waals surface area contributed by atoms with Crippen LogP contribution in [0.15, 0.2) is 18.3 Å². The lowest BCUT2D eigenvalue weighted by Gasteiger charge is -2.28. The number of ether oxygens (including phenoxy) is 1. The summed E-state index contributed by atoms with van der Waals surface area (Å²) in [4.78, 5) is 28.2. The van der Waals surface area contributed by atoms with Crippen LogP contribution >= 0.6 is 0 Å². The first kappa shape index (κ1) is 21.8. The van der Waals surface area contributed by atoms with Crippen LogP contribution in [0.4, 0.5) is 8.78 Å². The summed E-state index contributed by atoms with van der Waals surface area (Å²) in [6, 6.07) is 2.72. The molecule has 146 valence electrons. The number of halogens is 2. The minimum atomic E-state index is -2.94. The SMILES string of the molecule is CC(C)C(=O)NC(C)(C)C(=O)NC(C)c1ccc(OCC(C)(F)F)nc1. The smallest absolute Gasteiger partial charge is 0.278 e. The molecule has 1 unspecified atom stereocenters. The van der Waals surface area contributed by atoms with Crippen molar-refractivity contribution < 1.29 is 23.1 Å². The molecular formula is C18H27F2N3O3. The molecule has 0 bridgehead atoms. The number of alkyl halides is 2. The standard InChI is InChI=1S/C18H27F2N3O3/c1-11(2)15(24)23-17(4,5)16(25)22-12(3)13-7-8-14(21-9-13)26-10-18(6,19)20/h7-9,11-12H,10H2,1-6H3,(H,22,25)(H,23,24). The molecule has 8 heteroatoms. The Morgan fingerprint density at radius 2 is 1.81 bits per heavy atom. The Labute approximate surface area is 152 Å². The first-order chi connectivity index (χ1) is 11.8. The Morgan fingerprint density at radius 3 is 2.27 bits per heavy atom. The molecule has 0 aliphatic rings. The number of nitrogens with zero attached hydrogens (tertiary/aromatic N) is 1. The fraction of sp³-hybridized carbons (Fsp3) is 0.611. The minimum Gasteiger partial charge on any atom is -0.471 e. The van der Waals surface area contributed by atoms with E-state index < -0.39 is 18.1 Å². The summed E-state index contributed by atoms with van der Waals surface area (Å²) in [6.07, 6.45) is 1.45. The molecule has 0 aliphatic heterocycles. The first-order valence-corrected chi connectivity index (χ1v) is 8.41. The molecule has 2 N–H and O–H groups in total. The van der Waals surface area contributed by atoms with Gasteiger partial charge < -0.3 is 15.4 Å². The van der Waals surface area contributed by atoms with Gasteiger partial charge in [-0.05, 0) is 26.3 Å². The summed E-state index contributed by atoms with van der Waals surface area (Å²) >= 11 is 0. The van der Waals surface area contributed by atoms with Crippen molar-refractivity contribution in [2.45, 2.75) is 59.0 Å². The van der Waals surface area contributed by atoms with Crippen molar-refractivity contribution in [1.82, 2.24) is 15.6 Å².